The van der Waals surface area contributed by atoms with Crippen molar-refractivity contribution in [2.24, 2.45) is 5.92 Å². The zero-order valence-corrected chi connectivity index (χ0v) is 23.2. The van der Waals surface area contributed by atoms with Crippen LogP contribution in [0.4, 0.5) is 5.69 Å². The Kier molecular flexibility index (Phi) is 11.1. The summed E-state index contributed by atoms with van der Waals surface area (Å²) in [6.45, 7) is 7.50. The molecule has 39 heavy (non-hydrogen) atoms. The number of hydrogen-bond acceptors (Lipinski definition) is 6. The van der Waals surface area contributed by atoms with Crippen molar-refractivity contribution in [3.8, 4) is 5.75 Å². The van der Waals surface area contributed by atoms with E-state index in [1.54, 1.807) is 30.3 Å². The molecule has 0 aliphatic heterocycles. The number of nitrogens with zero attached hydrogens (tertiary/aromatic N) is 1. The molecule has 0 bridgehead atoms. The molecule has 3 aromatic rings. The molecule has 1 N–H and O–H groups in total. The molecule has 7 heteroatoms. The van der Waals surface area contributed by atoms with E-state index in [1.807, 2.05) is 67.3 Å². The Morgan fingerprint density at radius 2 is 1.54 bits per heavy atom. The van der Waals surface area contributed by atoms with Gasteiger partial charge >= 0.3 is 5.97 Å². The molecule has 0 heterocycles. The van der Waals surface area contributed by atoms with Gasteiger partial charge in [0.1, 0.15) is 18.4 Å². The fourth-order valence-electron chi connectivity index (χ4n) is 4.27. The van der Waals surface area contributed by atoms with Crippen LogP contribution in [0.1, 0.15) is 48.7 Å². The van der Waals surface area contributed by atoms with E-state index < -0.39 is 12.0 Å². The van der Waals surface area contributed by atoms with Crippen molar-refractivity contribution in [1.82, 2.24) is 4.90 Å². The summed E-state index contributed by atoms with van der Waals surface area (Å²) in [5.41, 5.74) is 2.52. The highest BCUT2D eigenvalue weighted by Crippen LogP contribution is 2.22. The highest BCUT2D eigenvalue weighted by molar-refractivity contribution is 6.12. The van der Waals surface area contributed by atoms with Gasteiger partial charge < -0.3 is 19.7 Å². The Morgan fingerprint density at radius 1 is 0.872 bits per heavy atom. The van der Waals surface area contributed by atoms with Crippen LogP contribution in [0, 0.1) is 5.92 Å². The van der Waals surface area contributed by atoms with Gasteiger partial charge in [0.2, 0.25) is 5.91 Å². The zero-order valence-electron chi connectivity index (χ0n) is 23.2. The molecular formula is C32H38N2O5. The topological polar surface area (TPSA) is 84.9 Å². The Morgan fingerprint density at radius 3 is 2.18 bits per heavy atom. The van der Waals surface area contributed by atoms with E-state index in [0.717, 1.165) is 12.0 Å². The Balaban J connectivity index is 1.66. The SMILES string of the molecule is CCCN(CCOc1ccc(C[C@H](Nc2ccccc2C(=O)c2ccccc2)C(=O)OC)cc1)C(=O)C(C)C. The van der Waals surface area contributed by atoms with E-state index in [-0.39, 0.29) is 17.6 Å². The molecule has 0 saturated carbocycles. The molecule has 3 aromatic carbocycles. The molecule has 7 nitrogen and oxygen atoms in total. The number of carbonyl (C=O) groups is 3. The van der Waals surface area contributed by atoms with Crippen LogP contribution < -0.4 is 10.1 Å². The summed E-state index contributed by atoms with van der Waals surface area (Å²) in [7, 11) is 1.35. The molecule has 0 radical (unpaired) electrons. The predicted molar refractivity (Wildman–Crippen MR) is 153 cm³/mol. The highest BCUT2D eigenvalue weighted by atomic mass is 16.5. The number of ether oxygens (including phenoxy) is 2. The first-order chi connectivity index (χ1) is 18.8. The summed E-state index contributed by atoms with van der Waals surface area (Å²) in [6, 6.07) is 23.0. The van der Waals surface area contributed by atoms with Crippen molar-refractivity contribution in [3.05, 3.63) is 95.6 Å². The van der Waals surface area contributed by atoms with Crippen LogP contribution in [0.25, 0.3) is 0 Å². The summed E-state index contributed by atoms with van der Waals surface area (Å²) in [5, 5.41) is 3.23. The predicted octanol–water partition coefficient (Wildman–Crippen LogP) is 5.39. The van der Waals surface area contributed by atoms with Crippen LogP contribution in [-0.4, -0.2) is 55.4 Å². The minimum atomic E-state index is -0.698. The quantitative estimate of drug-likeness (QED) is 0.222. The molecule has 1 amide bonds. The first-order valence-electron chi connectivity index (χ1n) is 13.4. The summed E-state index contributed by atoms with van der Waals surface area (Å²) < 4.78 is 10.9. The van der Waals surface area contributed by atoms with Gasteiger partial charge in [-0.2, -0.15) is 0 Å². The van der Waals surface area contributed by atoms with E-state index in [9.17, 15) is 14.4 Å². The van der Waals surface area contributed by atoms with Gasteiger partial charge in [0.15, 0.2) is 5.78 Å². The number of ketones is 1. The Hall–Kier alpha value is -4.13. The maximum Gasteiger partial charge on any atom is 0.328 e. The molecule has 0 aliphatic carbocycles. The third-order valence-corrected chi connectivity index (χ3v) is 6.32. The molecule has 0 aromatic heterocycles. The van der Waals surface area contributed by atoms with E-state index in [2.05, 4.69) is 12.2 Å². The standard InChI is InChI=1S/C32H38N2O5/c1-5-19-34(31(36)23(2)3)20-21-39-26-17-15-24(16-18-26)22-29(32(37)38-4)33-28-14-10-9-13-27(28)30(35)25-11-7-6-8-12-25/h6-18,23,29,33H,5,19-22H2,1-4H3/t29-/m0/s1. The third kappa shape index (κ3) is 8.43. The normalized spacial score (nSPS) is 11.5. The fraction of sp³-hybridized carbons (Fsp3) is 0.344. The number of hydrogen-bond donors (Lipinski definition) is 1. The van der Waals surface area contributed by atoms with E-state index >= 15 is 0 Å². The lowest BCUT2D eigenvalue weighted by molar-refractivity contribution is -0.141. The van der Waals surface area contributed by atoms with Crippen LogP contribution in [-0.2, 0) is 20.7 Å². The van der Waals surface area contributed by atoms with Crippen LogP contribution in [0.3, 0.4) is 0 Å². The van der Waals surface area contributed by atoms with Gasteiger partial charge in [0, 0.05) is 35.7 Å². The van der Waals surface area contributed by atoms with Crippen LogP contribution >= 0.6 is 0 Å². The lowest BCUT2D eigenvalue weighted by Gasteiger charge is -2.24. The average molecular weight is 531 g/mol. The second-order valence-electron chi connectivity index (χ2n) is 9.64. The van der Waals surface area contributed by atoms with Crippen molar-refractivity contribution in [1.29, 1.82) is 0 Å². The van der Waals surface area contributed by atoms with Crippen LogP contribution in [0.5, 0.6) is 5.75 Å². The van der Waals surface area contributed by atoms with Crippen molar-refractivity contribution < 1.29 is 23.9 Å². The summed E-state index contributed by atoms with van der Waals surface area (Å²) >= 11 is 0. The number of carbonyl (C=O) groups excluding carboxylic acids is 3. The number of nitrogens with one attached hydrogen (secondary N) is 1. The molecular weight excluding hydrogens is 492 g/mol. The molecule has 3 rings (SSSR count). The van der Waals surface area contributed by atoms with Gasteiger partial charge in [-0.15, -0.1) is 0 Å². The maximum absolute atomic E-state index is 13.1. The minimum Gasteiger partial charge on any atom is -0.492 e. The number of amides is 1. The van der Waals surface area contributed by atoms with E-state index in [1.165, 1.54) is 7.11 Å². The Bertz CT molecular complexity index is 1220. The first kappa shape index (κ1) is 29.4. The average Bonchev–Trinajstić information content (AvgIpc) is 2.96. The minimum absolute atomic E-state index is 0.0457. The third-order valence-electron chi connectivity index (χ3n) is 6.32. The smallest absolute Gasteiger partial charge is 0.328 e. The molecule has 206 valence electrons. The van der Waals surface area contributed by atoms with Crippen molar-refractivity contribution in [2.45, 2.75) is 39.7 Å². The molecule has 0 saturated heterocycles. The summed E-state index contributed by atoms with van der Waals surface area (Å²) in [5.74, 6) is 0.216. The number of rotatable bonds is 14. The number of benzene rings is 3. The molecule has 0 unspecified atom stereocenters. The Labute approximate surface area is 231 Å². The van der Waals surface area contributed by atoms with Gasteiger partial charge in [-0.1, -0.05) is 75.4 Å². The molecule has 0 spiro atoms. The van der Waals surface area contributed by atoms with Crippen molar-refractivity contribution in [2.75, 3.05) is 32.1 Å². The zero-order chi connectivity index (χ0) is 28.2. The summed E-state index contributed by atoms with van der Waals surface area (Å²) in [4.78, 5) is 40.0. The van der Waals surface area contributed by atoms with Crippen LogP contribution in [0.15, 0.2) is 78.9 Å². The molecule has 1 atom stereocenters. The lowest BCUT2D eigenvalue weighted by Crippen LogP contribution is -2.37. The maximum atomic E-state index is 13.1. The monoisotopic (exact) mass is 530 g/mol. The first-order valence-corrected chi connectivity index (χ1v) is 13.4. The van der Waals surface area contributed by atoms with Gasteiger partial charge in [0.25, 0.3) is 0 Å². The van der Waals surface area contributed by atoms with E-state index in [4.69, 9.17) is 9.47 Å². The number of esters is 1. The second kappa shape index (κ2) is 14.7. The van der Waals surface area contributed by atoms with Gasteiger partial charge in [-0.25, -0.2) is 4.79 Å². The second-order valence-corrected chi connectivity index (χ2v) is 9.64. The molecule has 0 fully saturated rings. The van der Waals surface area contributed by atoms with Crippen molar-refractivity contribution >= 4 is 23.3 Å². The fourth-order valence-corrected chi connectivity index (χ4v) is 4.27. The van der Waals surface area contributed by atoms with Gasteiger partial charge in [-0.3, -0.25) is 9.59 Å². The van der Waals surface area contributed by atoms with Gasteiger partial charge in [0.05, 0.1) is 13.7 Å². The van der Waals surface area contributed by atoms with E-state index in [0.29, 0.717) is 48.7 Å². The number of para-hydroxylation sites is 1. The molecule has 0 aliphatic rings. The highest BCUT2D eigenvalue weighted by Gasteiger charge is 2.23. The number of anilines is 1. The van der Waals surface area contributed by atoms with Crippen LogP contribution in [0.2, 0.25) is 0 Å². The summed E-state index contributed by atoms with van der Waals surface area (Å²) in [6.07, 6.45) is 1.25. The van der Waals surface area contributed by atoms with Gasteiger partial charge in [-0.05, 0) is 36.2 Å². The lowest BCUT2D eigenvalue weighted by atomic mass is 10.00. The largest absolute Gasteiger partial charge is 0.492 e. The van der Waals surface area contributed by atoms with Crippen molar-refractivity contribution in [3.63, 3.8) is 0 Å². The number of methoxy groups -OCH3 is 1.